The molecule has 0 aliphatic rings. The number of carbonyl (C=O) groups is 3. The van der Waals surface area contributed by atoms with E-state index in [4.69, 9.17) is 21.1 Å². The molecule has 44 heteroatoms. The lowest BCUT2D eigenvalue weighted by atomic mass is 10.3. The molecule has 15 heterocycles. The number of aromatic nitrogens is 19. The van der Waals surface area contributed by atoms with Gasteiger partial charge in [-0.15, -0.1) is 0 Å². The van der Waals surface area contributed by atoms with Crippen LogP contribution in [0.2, 0.25) is 5.15 Å². The summed E-state index contributed by atoms with van der Waals surface area (Å²) in [6, 6.07) is 31.0. The summed E-state index contributed by atoms with van der Waals surface area (Å²) in [6.07, 6.45) is 20.3. The van der Waals surface area contributed by atoms with Crippen molar-refractivity contribution in [2.24, 2.45) is 0 Å². The molecule has 0 atom stereocenters. The van der Waals surface area contributed by atoms with Crippen molar-refractivity contribution in [2.75, 3.05) is 30.7 Å². The van der Waals surface area contributed by atoms with E-state index in [9.17, 15) is 51.6 Å². The van der Waals surface area contributed by atoms with E-state index in [0.717, 1.165) is 14.2 Å². The van der Waals surface area contributed by atoms with E-state index >= 15 is 0 Å². The Labute approximate surface area is 636 Å². The first kappa shape index (κ1) is 74.0. The first-order chi connectivity index (χ1) is 51.5. The summed E-state index contributed by atoms with van der Waals surface area (Å²) >= 11 is 19.2. The fraction of sp³-hybridized carbons (Fsp3) is 0.0159. The Morgan fingerprint density at radius 2 is 0.879 bits per heavy atom. The molecule has 0 saturated heterocycles. The highest BCUT2D eigenvalue weighted by molar-refractivity contribution is 9.11. The molecule has 35 nitrogen and oxygen atoms in total. The molecule has 15 aromatic rings. The minimum absolute atomic E-state index is 0.00137. The molecule has 0 saturated carbocycles. The Morgan fingerprint density at radius 3 is 1.34 bits per heavy atom. The van der Waals surface area contributed by atoms with Crippen molar-refractivity contribution < 1.29 is 89.0 Å². The van der Waals surface area contributed by atoms with Gasteiger partial charge < -0.3 is 14.8 Å². The summed E-state index contributed by atoms with van der Waals surface area (Å²) in [5.41, 5.74) is 2.96. The summed E-state index contributed by atoms with van der Waals surface area (Å²) in [5.74, 6) is 0.301. The number of pyridine rings is 7. The van der Waals surface area contributed by atoms with Crippen LogP contribution in [0.1, 0.15) is 5.56 Å². The fourth-order valence-corrected chi connectivity index (χ4v) is 11.8. The van der Waals surface area contributed by atoms with E-state index in [1.54, 1.807) is 67.0 Å². The number of hydrogen-bond acceptors (Lipinski definition) is 19. The zero-order valence-electron chi connectivity index (χ0n) is 53.6. The van der Waals surface area contributed by atoms with Gasteiger partial charge in [-0.2, -0.15) is 73.7 Å². The van der Waals surface area contributed by atoms with Gasteiger partial charge in [0.05, 0.1) is 83.6 Å². The van der Waals surface area contributed by atoms with Gasteiger partial charge in [0.2, 0.25) is 37.2 Å². The molecule has 4 amide bonds. The largest absolute Gasteiger partial charge is 0.444 e. The maximum absolute atomic E-state index is 14.2. The van der Waals surface area contributed by atoms with E-state index in [-0.39, 0.29) is 58.0 Å². The zero-order valence-corrected chi connectivity index (χ0v) is 61.5. The molecule has 107 heavy (non-hydrogen) atoms. The topological polar surface area (TPSA) is 394 Å². The smallest absolute Gasteiger partial charge is 0.418 e. The summed E-state index contributed by atoms with van der Waals surface area (Å²) in [4.78, 5) is 57.6. The third-order valence-corrected chi connectivity index (χ3v) is 17.4. The number of nitrogens with zero attached hydrogens (tertiary/aromatic N) is 19. The van der Waals surface area contributed by atoms with E-state index in [0.29, 0.717) is 57.7 Å². The first-order valence-corrected chi connectivity index (χ1v) is 35.2. The number of amides is 4. The highest BCUT2D eigenvalue weighted by Crippen LogP contribution is 2.27. The average Bonchev–Trinajstić information content (AvgIpc) is 1.33. The summed E-state index contributed by atoms with van der Waals surface area (Å²) in [6.45, 7) is -0.00137. The molecule has 0 spiro atoms. The minimum atomic E-state index is -4.09. The molecule has 540 valence electrons. The first-order valence-electron chi connectivity index (χ1n) is 30.1. The molecule has 15 aromatic heterocycles. The number of rotatable bonds is 14. The molecule has 0 bridgehead atoms. The van der Waals surface area contributed by atoms with Gasteiger partial charge in [-0.1, -0.05) is 29.8 Å². The van der Waals surface area contributed by atoms with Gasteiger partial charge in [0, 0.05) is 86.6 Å². The number of nitrogens with one attached hydrogen (secondary N) is 6. The van der Waals surface area contributed by atoms with Gasteiger partial charge in [0.1, 0.15) is 42.6 Å². The Balaban J connectivity index is 0.000000134. The number of urea groups is 1. The molecular weight excluding hydrogens is 1710 g/mol. The summed E-state index contributed by atoms with van der Waals surface area (Å²) < 4.78 is 96.7. The molecule has 0 aliphatic heterocycles. The predicted molar refractivity (Wildman–Crippen MR) is 380 cm³/mol. The predicted octanol–water partition coefficient (Wildman–Crippen LogP) is 8.61. The van der Waals surface area contributed by atoms with Crippen molar-refractivity contribution in [1.82, 2.24) is 63.4 Å². The molecule has 0 aliphatic carbocycles. The normalized spacial score (nSPS) is 11.0. The molecule has 0 radical (unpaired) electrons. The molecule has 0 unspecified atom stereocenters. The number of fused-ring (bicyclic) bond motifs is 4. The number of carbonyl (C=O) groups excluding carboxylic acids is 3. The molecule has 0 fully saturated rings. The van der Waals surface area contributed by atoms with Crippen LogP contribution >= 0.6 is 75.3 Å². The van der Waals surface area contributed by atoms with Crippen LogP contribution in [0.5, 0.6) is 5.75 Å². The maximum Gasteiger partial charge on any atom is 0.418 e. The van der Waals surface area contributed by atoms with Crippen LogP contribution in [-0.2, 0) is 21.6 Å². The Kier molecular flexibility index (Phi) is 22.8. The van der Waals surface area contributed by atoms with Crippen molar-refractivity contribution in [3.05, 3.63) is 267 Å². The second-order valence-electron chi connectivity index (χ2n) is 21.3. The van der Waals surface area contributed by atoms with Gasteiger partial charge in [-0.25, -0.2) is 24.1 Å². The van der Waals surface area contributed by atoms with E-state index in [1.807, 2.05) is 0 Å². The monoisotopic (exact) mass is 1750 g/mol. The third kappa shape index (κ3) is 18.4. The maximum atomic E-state index is 14.2. The number of ether oxygens (including phenoxy) is 2. The second kappa shape index (κ2) is 33.0. The van der Waals surface area contributed by atoms with Crippen LogP contribution < -0.4 is 63.3 Å². The van der Waals surface area contributed by atoms with Crippen LogP contribution in [0, 0.1) is 17.8 Å². The van der Waals surface area contributed by atoms with Crippen molar-refractivity contribution in [3.8, 4) is 23.2 Å². The van der Waals surface area contributed by atoms with E-state index < -0.39 is 46.3 Å². The Morgan fingerprint density at radius 1 is 0.467 bits per heavy atom. The third-order valence-electron chi connectivity index (χ3n) is 14.0. The van der Waals surface area contributed by atoms with Crippen molar-refractivity contribution in [3.63, 3.8) is 0 Å². The lowest BCUT2D eigenvalue weighted by Crippen LogP contribution is -2.36. The van der Waals surface area contributed by atoms with E-state index in [2.05, 4.69) is 140 Å². The second-order valence-corrected chi connectivity index (χ2v) is 26.5. The fourth-order valence-electron chi connectivity index (χ4n) is 9.28. The Hall–Kier alpha value is -12.7. The molecule has 9 N–H and O–H groups in total. The molecular formula is C63H47Br4ClF3N25O10S+6. The van der Waals surface area contributed by atoms with Gasteiger partial charge in [0.25, 0.3) is 34.8 Å². The van der Waals surface area contributed by atoms with Gasteiger partial charge in [-0.05, 0) is 109 Å². The lowest BCUT2D eigenvalue weighted by Gasteiger charge is -2.10. The van der Waals surface area contributed by atoms with Crippen molar-refractivity contribution in [2.45, 2.75) is 6.61 Å². The van der Waals surface area contributed by atoms with Gasteiger partial charge >= 0.3 is 45.9 Å². The minimum Gasteiger partial charge on any atom is -0.444 e. The van der Waals surface area contributed by atoms with Crippen LogP contribution in [0.4, 0.5) is 62.2 Å². The zero-order chi connectivity index (χ0) is 75.5. The van der Waals surface area contributed by atoms with Crippen molar-refractivity contribution in [1.29, 1.82) is 0 Å². The van der Waals surface area contributed by atoms with Crippen LogP contribution in [0.3, 0.4) is 0 Å². The van der Waals surface area contributed by atoms with Gasteiger partial charge in [0.15, 0.2) is 17.2 Å². The number of anilines is 6. The van der Waals surface area contributed by atoms with E-state index in [1.165, 1.54) is 185 Å². The van der Waals surface area contributed by atoms with Crippen LogP contribution in [0.25, 0.3) is 40.0 Å². The Bertz CT molecular complexity index is 5930. The quantitative estimate of drug-likeness (QED) is 0.0213. The summed E-state index contributed by atoms with van der Waals surface area (Å²) in [5, 5.41) is 54.9. The number of hydrogen-bond donors (Lipinski definition) is 9. The highest BCUT2D eigenvalue weighted by atomic mass is 79.9. The van der Waals surface area contributed by atoms with Crippen LogP contribution in [0.15, 0.2) is 238 Å². The van der Waals surface area contributed by atoms with Gasteiger partial charge in [-0.3, -0.25) is 41.3 Å². The lowest BCUT2D eigenvalue weighted by molar-refractivity contribution is -0.904. The molecule has 0 aromatic carbocycles. The average molecular weight is 1760 g/mol. The van der Waals surface area contributed by atoms with Crippen LogP contribution in [-0.4, -0.2) is 106 Å². The standard InChI is InChI=1S/C18H13BrFN6O3.C17H11BrFN7O2.C16H12BrFN7O3S.C12H7BrClN5O2/c19-13-10-21-26-16(23-18(27)29-11-12-4-7-24(28)8-5-12)9-15(22-17(13)26)25-6-2-1-3-14(25)20;18-12-10-20-26-15(23-17(27)21-11-4-7-24(28)8-5-11)9-14(22-16(12)26)25-6-2-1-3-13(25)19;17-12-10-19-25-15(22-29(27,28)21-11-4-7-23(26)8-5-11)9-14(20-16(12)25)24-6-2-1-3-13(24)18;13-8-6-16-19-10(4-9(14)17-11(8)19)18-12(20)21-7-2-1-3-15-5-7/h1-10H,11H2,(H-,21,22,23,27,28);1-10,28H;1-10,26H,(H,19,20,22);1-6H,(H,18,20)/q+1;;+1;/p+4. The molecule has 15 rings (SSSR count). The SMILES string of the molecule is O=C(Nc1cc(-[n+]2ccccc2F)nc2c(Br)cnn12)OCc1cc[n+](O)cc1.O=C(Nc1cc(Cl)nc2c(Br)cnn12)Oc1cccnc1.O=C(Nc1cc[n+](O)cc1)Nc1cc(-[n+]2ccccc2F)nc2c(Br)cnn12.O=S(=O)(Nc1cc[n+](O)cc1)Nc1cc(-[n+]2ccccc2F)nc2c(Br)cnn12. The van der Waals surface area contributed by atoms with Crippen molar-refractivity contribution >= 4 is 161 Å². The highest BCUT2D eigenvalue weighted by Gasteiger charge is 2.27. The summed E-state index contributed by atoms with van der Waals surface area (Å²) in [7, 11) is -4.09. The number of halogens is 8.